The Balaban J connectivity index is 1.88. The van der Waals surface area contributed by atoms with Gasteiger partial charge in [-0.1, -0.05) is 31.5 Å². The lowest BCUT2D eigenvalue weighted by atomic mass is 10.1. The summed E-state index contributed by atoms with van der Waals surface area (Å²) in [4.78, 5) is 16.0. The van der Waals surface area contributed by atoms with E-state index in [-0.39, 0.29) is 5.91 Å². The highest BCUT2D eigenvalue weighted by molar-refractivity contribution is 5.81. The van der Waals surface area contributed by atoms with E-state index < -0.39 is 17.8 Å². The molecule has 1 saturated heterocycles. The number of benzene rings is 1. The average molecular weight is 343 g/mol. The maximum absolute atomic E-state index is 12.8. The molecule has 1 heterocycles. The summed E-state index contributed by atoms with van der Waals surface area (Å²) in [6.45, 7) is 4.85. The zero-order valence-corrected chi connectivity index (χ0v) is 13.9. The lowest BCUT2D eigenvalue weighted by molar-refractivity contribution is -0.138. The lowest BCUT2D eigenvalue weighted by Gasteiger charge is -2.36. The molecular weight excluding hydrogens is 319 g/mol. The molecule has 1 aliphatic rings. The van der Waals surface area contributed by atoms with Gasteiger partial charge in [-0.3, -0.25) is 9.69 Å². The predicted octanol–water partition coefficient (Wildman–Crippen LogP) is 2.48. The first-order chi connectivity index (χ1) is 11.3. The summed E-state index contributed by atoms with van der Waals surface area (Å²) in [7, 11) is 0. The van der Waals surface area contributed by atoms with E-state index in [2.05, 4.69) is 4.90 Å². The van der Waals surface area contributed by atoms with Crippen molar-refractivity contribution in [2.75, 3.05) is 26.2 Å². The number of halogens is 3. The van der Waals surface area contributed by atoms with Crippen LogP contribution in [0, 0.1) is 0 Å². The molecule has 1 unspecified atom stereocenters. The average Bonchev–Trinajstić information content (AvgIpc) is 2.54. The summed E-state index contributed by atoms with van der Waals surface area (Å²) in [5, 5.41) is 0. The first kappa shape index (κ1) is 18.7. The standard InChI is InChI=1S/C17H24F3N3O/c1-2-4-15(21)16(24)23-9-7-22(8-10-23)12-13-5-3-6-14(11-13)17(18,19)20/h3,5-6,11,15H,2,4,7-10,12,21H2,1H3. The molecule has 0 aromatic heterocycles. The van der Waals surface area contributed by atoms with E-state index in [1.54, 1.807) is 11.0 Å². The highest BCUT2D eigenvalue weighted by Gasteiger charge is 2.30. The van der Waals surface area contributed by atoms with E-state index in [0.717, 1.165) is 12.5 Å². The van der Waals surface area contributed by atoms with Crippen LogP contribution < -0.4 is 5.73 Å². The second-order valence-corrected chi connectivity index (χ2v) is 6.19. The number of nitrogens with zero attached hydrogens (tertiary/aromatic N) is 2. The number of carbonyl (C=O) groups excluding carboxylic acids is 1. The van der Waals surface area contributed by atoms with Crippen LogP contribution in [-0.2, 0) is 17.5 Å². The molecule has 1 fully saturated rings. The van der Waals surface area contributed by atoms with Gasteiger partial charge in [-0.05, 0) is 18.1 Å². The van der Waals surface area contributed by atoms with Crippen molar-refractivity contribution in [3.05, 3.63) is 35.4 Å². The molecule has 0 radical (unpaired) electrons. The molecule has 1 amide bonds. The number of piperazine rings is 1. The van der Waals surface area contributed by atoms with Crippen LogP contribution in [0.2, 0.25) is 0 Å². The molecule has 4 nitrogen and oxygen atoms in total. The van der Waals surface area contributed by atoms with E-state index >= 15 is 0 Å². The summed E-state index contributed by atoms with van der Waals surface area (Å²) in [5.41, 5.74) is 5.87. The summed E-state index contributed by atoms with van der Waals surface area (Å²) < 4.78 is 38.3. The SMILES string of the molecule is CCCC(N)C(=O)N1CCN(Cc2cccc(C(F)(F)F)c2)CC1. The highest BCUT2D eigenvalue weighted by Crippen LogP contribution is 2.29. The molecule has 0 saturated carbocycles. The molecule has 1 atom stereocenters. The van der Waals surface area contributed by atoms with E-state index in [4.69, 9.17) is 5.73 Å². The quantitative estimate of drug-likeness (QED) is 0.894. The molecule has 2 rings (SSSR count). The third-order valence-corrected chi connectivity index (χ3v) is 4.26. The molecule has 0 bridgehead atoms. The highest BCUT2D eigenvalue weighted by atomic mass is 19.4. The molecular formula is C17H24F3N3O. The summed E-state index contributed by atoms with van der Waals surface area (Å²) >= 11 is 0. The van der Waals surface area contributed by atoms with Crippen molar-refractivity contribution >= 4 is 5.91 Å². The Hall–Kier alpha value is -1.60. The maximum Gasteiger partial charge on any atom is 0.416 e. The molecule has 0 aliphatic carbocycles. The van der Waals surface area contributed by atoms with Gasteiger partial charge in [-0.2, -0.15) is 13.2 Å². The second kappa shape index (κ2) is 7.98. The lowest BCUT2D eigenvalue weighted by Crippen LogP contribution is -2.52. The fourth-order valence-electron chi connectivity index (χ4n) is 2.90. The minimum absolute atomic E-state index is 0.0319. The topological polar surface area (TPSA) is 49.6 Å². The zero-order chi connectivity index (χ0) is 17.7. The van der Waals surface area contributed by atoms with Crippen molar-refractivity contribution < 1.29 is 18.0 Å². The van der Waals surface area contributed by atoms with E-state index in [0.29, 0.717) is 44.7 Å². The van der Waals surface area contributed by atoms with Gasteiger partial charge in [0, 0.05) is 32.7 Å². The Morgan fingerprint density at radius 1 is 1.25 bits per heavy atom. The number of hydrogen-bond acceptors (Lipinski definition) is 3. The number of rotatable bonds is 5. The van der Waals surface area contributed by atoms with Gasteiger partial charge in [0.25, 0.3) is 0 Å². The van der Waals surface area contributed by atoms with Crippen LogP contribution in [0.3, 0.4) is 0 Å². The van der Waals surface area contributed by atoms with E-state index in [9.17, 15) is 18.0 Å². The van der Waals surface area contributed by atoms with Gasteiger partial charge < -0.3 is 10.6 Å². The van der Waals surface area contributed by atoms with Gasteiger partial charge in [0.15, 0.2) is 0 Å². The fraction of sp³-hybridized carbons (Fsp3) is 0.588. The van der Waals surface area contributed by atoms with E-state index in [1.165, 1.54) is 12.1 Å². The first-order valence-electron chi connectivity index (χ1n) is 8.24. The third-order valence-electron chi connectivity index (χ3n) is 4.26. The second-order valence-electron chi connectivity index (χ2n) is 6.19. The predicted molar refractivity (Wildman–Crippen MR) is 86.2 cm³/mol. The van der Waals surface area contributed by atoms with Gasteiger partial charge in [0.05, 0.1) is 11.6 Å². The smallest absolute Gasteiger partial charge is 0.339 e. The van der Waals surface area contributed by atoms with Crippen molar-refractivity contribution in [3.63, 3.8) is 0 Å². The largest absolute Gasteiger partial charge is 0.416 e. The zero-order valence-electron chi connectivity index (χ0n) is 13.9. The van der Waals surface area contributed by atoms with E-state index in [1.807, 2.05) is 6.92 Å². The molecule has 1 aromatic rings. The van der Waals surface area contributed by atoms with Crippen LogP contribution >= 0.6 is 0 Å². The Morgan fingerprint density at radius 3 is 2.50 bits per heavy atom. The van der Waals surface area contributed by atoms with Gasteiger partial charge in [0.2, 0.25) is 5.91 Å². The van der Waals surface area contributed by atoms with Crippen LogP contribution in [0.4, 0.5) is 13.2 Å². The maximum atomic E-state index is 12.8. The summed E-state index contributed by atoms with van der Waals surface area (Å²) in [6.07, 6.45) is -2.79. The van der Waals surface area contributed by atoms with Gasteiger partial charge >= 0.3 is 6.18 Å². The van der Waals surface area contributed by atoms with Crippen LogP contribution in [0.1, 0.15) is 30.9 Å². The van der Waals surface area contributed by atoms with Crippen LogP contribution in [0.15, 0.2) is 24.3 Å². The first-order valence-corrected chi connectivity index (χ1v) is 8.24. The van der Waals surface area contributed by atoms with Gasteiger partial charge in [-0.25, -0.2) is 0 Å². The van der Waals surface area contributed by atoms with Crippen LogP contribution in [-0.4, -0.2) is 47.9 Å². The Labute approximate surface area is 140 Å². The molecule has 7 heteroatoms. The van der Waals surface area contributed by atoms with Gasteiger partial charge in [-0.15, -0.1) is 0 Å². The van der Waals surface area contributed by atoms with Crippen molar-refractivity contribution in [1.29, 1.82) is 0 Å². The molecule has 1 aliphatic heterocycles. The summed E-state index contributed by atoms with van der Waals surface area (Å²) in [6, 6.07) is 4.94. The Bertz CT molecular complexity index is 554. The molecule has 2 N–H and O–H groups in total. The summed E-state index contributed by atoms with van der Waals surface area (Å²) in [5.74, 6) is -0.0319. The number of hydrogen-bond donors (Lipinski definition) is 1. The molecule has 1 aromatic carbocycles. The van der Waals surface area contributed by atoms with Crippen molar-refractivity contribution in [3.8, 4) is 0 Å². The van der Waals surface area contributed by atoms with Crippen LogP contribution in [0.25, 0.3) is 0 Å². The molecule has 24 heavy (non-hydrogen) atoms. The third kappa shape index (κ3) is 4.95. The van der Waals surface area contributed by atoms with Gasteiger partial charge in [0.1, 0.15) is 0 Å². The molecule has 134 valence electrons. The Kier molecular flexibility index (Phi) is 6.23. The molecule has 0 spiro atoms. The van der Waals surface area contributed by atoms with Crippen molar-refractivity contribution in [1.82, 2.24) is 9.80 Å². The minimum atomic E-state index is -4.32. The monoisotopic (exact) mass is 343 g/mol. The number of amides is 1. The Morgan fingerprint density at radius 2 is 1.92 bits per heavy atom. The fourth-order valence-corrected chi connectivity index (χ4v) is 2.90. The van der Waals surface area contributed by atoms with Crippen molar-refractivity contribution in [2.45, 2.75) is 38.5 Å². The van der Waals surface area contributed by atoms with Crippen LogP contribution in [0.5, 0.6) is 0 Å². The number of nitrogens with two attached hydrogens (primary N) is 1. The number of carbonyl (C=O) groups is 1. The normalized spacial score (nSPS) is 17.8. The minimum Gasteiger partial charge on any atom is -0.339 e. The van der Waals surface area contributed by atoms with Crippen molar-refractivity contribution in [2.24, 2.45) is 5.73 Å². The number of alkyl halides is 3.